The highest BCUT2D eigenvalue weighted by Gasteiger charge is 2.32. The molecule has 1 aromatic carbocycles. The Morgan fingerprint density at radius 3 is 2.88 bits per heavy atom. The summed E-state index contributed by atoms with van der Waals surface area (Å²) in [6.45, 7) is 0. The molecule has 1 aliphatic heterocycles. The predicted octanol–water partition coefficient (Wildman–Crippen LogP) is 1.79. The van der Waals surface area contributed by atoms with Crippen LogP contribution in [0.2, 0.25) is 0 Å². The van der Waals surface area contributed by atoms with Crippen molar-refractivity contribution < 1.29 is 8.42 Å². The molecular formula is C17H18N6O2S. The monoisotopic (exact) mass is 370 g/mol. The second-order valence-electron chi connectivity index (χ2n) is 6.32. The van der Waals surface area contributed by atoms with Crippen LogP contribution >= 0.6 is 0 Å². The Balaban J connectivity index is 1.60. The smallest absolute Gasteiger partial charge is 0.247 e. The van der Waals surface area contributed by atoms with Crippen molar-refractivity contribution in [2.24, 2.45) is 0 Å². The van der Waals surface area contributed by atoms with Crippen molar-refractivity contribution in [3.05, 3.63) is 42.7 Å². The summed E-state index contributed by atoms with van der Waals surface area (Å²) in [5, 5.41) is 12.3. The van der Waals surface area contributed by atoms with Gasteiger partial charge in [-0.15, -0.1) is 5.10 Å². The summed E-state index contributed by atoms with van der Waals surface area (Å²) in [6.07, 6.45) is 3.85. The lowest BCUT2D eigenvalue weighted by molar-refractivity contribution is 0.600. The van der Waals surface area contributed by atoms with Gasteiger partial charge >= 0.3 is 0 Å². The summed E-state index contributed by atoms with van der Waals surface area (Å²) in [7, 11) is -1.18. The van der Waals surface area contributed by atoms with Gasteiger partial charge in [-0.05, 0) is 18.6 Å². The average Bonchev–Trinajstić information content (AvgIpc) is 3.01. The maximum atomic E-state index is 11.7. The summed E-state index contributed by atoms with van der Waals surface area (Å²) in [6, 6.07) is 9.61. The minimum absolute atomic E-state index is 0.123. The lowest BCUT2D eigenvalue weighted by atomic mass is 10.2. The fourth-order valence-electron chi connectivity index (χ4n) is 3.09. The fraction of sp³-hybridized carbons (Fsp3) is 0.294. The van der Waals surface area contributed by atoms with E-state index in [1.165, 1.54) is 6.20 Å². The first-order valence-corrected chi connectivity index (χ1v) is 10.1. The van der Waals surface area contributed by atoms with E-state index in [0.29, 0.717) is 18.2 Å². The van der Waals surface area contributed by atoms with E-state index in [0.717, 1.165) is 16.6 Å². The number of hydrogen-bond acceptors (Lipinski definition) is 8. The predicted molar refractivity (Wildman–Crippen MR) is 100 cm³/mol. The highest BCUT2D eigenvalue weighted by Crippen LogP contribution is 2.25. The second-order valence-corrected chi connectivity index (χ2v) is 8.54. The van der Waals surface area contributed by atoms with Crippen LogP contribution in [0, 0.1) is 0 Å². The third kappa shape index (κ3) is 3.30. The largest absolute Gasteiger partial charge is 0.338 e. The lowest BCUT2D eigenvalue weighted by Gasteiger charge is -2.23. The highest BCUT2D eigenvalue weighted by molar-refractivity contribution is 7.91. The quantitative estimate of drug-likeness (QED) is 0.742. The molecule has 1 atom stereocenters. The Labute approximate surface area is 151 Å². The number of aromatic nitrogens is 4. The SMILES string of the molecule is CN(c1nncc(Nc2cccc3cccnc23)n1)C1CCS(=O)(=O)C1. The van der Waals surface area contributed by atoms with Gasteiger partial charge in [0.2, 0.25) is 5.95 Å². The Kier molecular flexibility index (Phi) is 4.15. The third-order valence-corrected chi connectivity index (χ3v) is 6.27. The summed E-state index contributed by atoms with van der Waals surface area (Å²) >= 11 is 0. The standard InChI is InChI=1S/C17H18N6O2S/c1-23(13-7-9-26(24,25)11-13)17-21-15(10-19-22-17)20-14-6-2-4-12-5-3-8-18-16(12)14/h2-6,8,10,13H,7,9,11H2,1H3,(H,20,21,22). The van der Waals surface area contributed by atoms with E-state index in [1.807, 2.05) is 30.3 Å². The van der Waals surface area contributed by atoms with Crippen molar-refractivity contribution >= 4 is 38.2 Å². The van der Waals surface area contributed by atoms with Gasteiger partial charge in [0.15, 0.2) is 15.7 Å². The number of nitrogens with zero attached hydrogens (tertiary/aromatic N) is 5. The van der Waals surface area contributed by atoms with E-state index < -0.39 is 9.84 Å². The summed E-state index contributed by atoms with van der Waals surface area (Å²) in [5.74, 6) is 1.25. The first-order chi connectivity index (χ1) is 12.5. The molecule has 2 aromatic heterocycles. The maximum Gasteiger partial charge on any atom is 0.247 e. The molecule has 0 amide bonds. The topological polar surface area (TPSA) is 101 Å². The maximum absolute atomic E-state index is 11.7. The molecule has 3 aromatic rings. The molecule has 0 spiro atoms. The number of sulfone groups is 1. The Morgan fingerprint density at radius 2 is 2.08 bits per heavy atom. The van der Waals surface area contributed by atoms with Crippen LogP contribution in [-0.4, -0.2) is 53.2 Å². The van der Waals surface area contributed by atoms with Crippen LogP contribution in [-0.2, 0) is 9.84 Å². The van der Waals surface area contributed by atoms with Gasteiger partial charge in [-0.3, -0.25) is 4.98 Å². The van der Waals surface area contributed by atoms with E-state index in [9.17, 15) is 8.42 Å². The van der Waals surface area contributed by atoms with Crippen LogP contribution in [0.3, 0.4) is 0 Å². The minimum Gasteiger partial charge on any atom is -0.338 e. The Morgan fingerprint density at radius 1 is 1.23 bits per heavy atom. The molecule has 1 unspecified atom stereocenters. The number of hydrogen-bond donors (Lipinski definition) is 1. The molecule has 0 aliphatic carbocycles. The molecule has 8 nitrogen and oxygen atoms in total. The number of fused-ring (bicyclic) bond motifs is 1. The Hall–Kier alpha value is -2.81. The molecule has 0 radical (unpaired) electrons. The normalized spacial score (nSPS) is 18.7. The van der Waals surface area contributed by atoms with Crippen molar-refractivity contribution in [2.45, 2.75) is 12.5 Å². The number of anilines is 3. The van der Waals surface area contributed by atoms with E-state index in [2.05, 4.69) is 25.5 Å². The van der Waals surface area contributed by atoms with Gasteiger partial charge in [0.25, 0.3) is 0 Å². The molecule has 3 heterocycles. The minimum atomic E-state index is -2.97. The fourth-order valence-corrected chi connectivity index (χ4v) is 4.87. The van der Waals surface area contributed by atoms with E-state index in [1.54, 1.807) is 18.1 Å². The zero-order valence-corrected chi connectivity index (χ0v) is 15.0. The van der Waals surface area contributed by atoms with Crippen molar-refractivity contribution in [1.82, 2.24) is 20.2 Å². The van der Waals surface area contributed by atoms with Crippen LogP contribution in [0.25, 0.3) is 10.9 Å². The summed E-state index contributed by atoms with van der Waals surface area (Å²) < 4.78 is 23.4. The molecule has 4 rings (SSSR count). The van der Waals surface area contributed by atoms with Crippen LogP contribution in [0.5, 0.6) is 0 Å². The number of pyridine rings is 1. The average molecular weight is 370 g/mol. The second kappa shape index (κ2) is 6.49. The third-order valence-electron chi connectivity index (χ3n) is 4.51. The number of para-hydroxylation sites is 1. The van der Waals surface area contributed by atoms with Gasteiger partial charge < -0.3 is 10.2 Å². The molecule has 1 N–H and O–H groups in total. The van der Waals surface area contributed by atoms with Crippen LogP contribution in [0.4, 0.5) is 17.5 Å². The van der Waals surface area contributed by atoms with Crippen LogP contribution in [0.15, 0.2) is 42.7 Å². The number of nitrogens with one attached hydrogen (secondary N) is 1. The molecule has 26 heavy (non-hydrogen) atoms. The van der Waals surface area contributed by atoms with E-state index in [4.69, 9.17) is 0 Å². The van der Waals surface area contributed by atoms with Crippen LogP contribution in [0.1, 0.15) is 6.42 Å². The van der Waals surface area contributed by atoms with E-state index >= 15 is 0 Å². The molecular weight excluding hydrogens is 352 g/mol. The van der Waals surface area contributed by atoms with Gasteiger partial charge in [-0.25, -0.2) is 8.42 Å². The zero-order chi connectivity index (χ0) is 18.1. The van der Waals surface area contributed by atoms with Crippen molar-refractivity contribution in [3.8, 4) is 0 Å². The van der Waals surface area contributed by atoms with Gasteiger partial charge in [0.05, 0.1) is 28.9 Å². The molecule has 1 saturated heterocycles. The van der Waals surface area contributed by atoms with Crippen LogP contribution < -0.4 is 10.2 Å². The Bertz CT molecular complexity index is 1050. The molecule has 1 fully saturated rings. The van der Waals surface area contributed by atoms with Crippen molar-refractivity contribution in [2.75, 3.05) is 28.8 Å². The van der Waals surface area contributed by atoms with Gasteiger partial charge in [0, 0.05) is 24.7 Å². The summed E-state index contributed by atoms with van der Waals surface area (Å²) in [4.78, 5) is 10.7. The van der Waals surface area contributed by atoms with Crippen molar-refractivity contribution in [3.63, 3.8) is 0 Å². The molecule has 134 valence electrons. The highest BCUT2D eigenvalue weighted by atomic mass is 32.2. The summed E-state index contributed by atoms with van der Waals surface area (Å²) in [5.41, 5.74) is 1.66. The molecule has 1 aliphatic rings. The number of rotatable bonds is 4. The van der Waals surface area contributed by atoms with Gasteiger partial charge in [-0.1, -0.05) is 18.2 Å². The van der Waals surface area contributed by atoms with Gasteiger partial charge in [0.1, 0.15) is 0 Å². The molecule has 0 bridgehead atoms. The zero-order valence-electron chi connectivity index (χ0n) is 14.2. The first kappa shape index (κ1) is 16.6. The van der Waals surface area contributed by atoms with Crippen molar-refractivity contribution in [1.29, 1.82) is 0 Å². The first-order valence-electron chi connectivity index (χ1n) is 8.26. The number of benzene rings is 1. The van der Waals surface area contributed by atoms with E-state index in [-0.39, 0.29) is 17.5 Å². The van der Waals surface area contributed by atoms with Gasteiger partial charge in [-0.2, -0.15) is 10.1 Å². The molecule has 9 heteroatoms. The lowest BCUT2D eigenvalue weighted by Crippen LogP contribution is -2.34. The molecule has 0 saturated carbocycles.